The molecule has 1 heterocycles. The maximum atomic E-state index is 5.54. The number of methoxy groups -OCH3 is 1. The van der Waals surface area contributed by atoms with E-state index in [4.69, 9.17) is 14.2 Å². The summed E-state index contributed by atoms with van der Waals surface area (Å²) < 4.78 is 15.9. The Morgan fingerprint density at radius 1 is 1.00 bits per heavy atom. The van der Waals surface area contributed by atoms with Crippen LogP contribution in [-0.2, 0) is 14.2 Å². The van der Waals surface area contributed by atoms with E-state index >= 15 is 0 Å². The van der Waals surface area contributed by atoms with Gasteiger partial charge in [-0.1, -0.05) is 19.8 Å². The molecule has 0 spiro atoms. The molecule has 3 heteroatoms. The van der Waals surface area contributed by atoms with E-state index in [9.17, 15) is 0 Å². The van der Waals surface area contributed by atoms with Gasteiger partial charge >= 0.3 is 0 Å². The van der Waals surface area contributed by atoms with Gasteiger partial charge in [-0.05, 0) is 19.3 Å². The summed E-state index contributed by atoms with van der Waals surface area (Å²) in [5, 5.41) is 0. The van der Waals surface area contributed by atoms with Crippen molar-refractivity contribution >= 4 is 0 Å². The minimum atomic E-state index is 0.392. The second kappa shape index (κ2) is 8.08. The molecule has 90 valence electrons. The molecule has 0 aromatic rings. The lowest BCUT2D eigenvalue weighted by molar-refractivity contribution is 0.112. The predicted octanol–water partition coefficient (Wildman–Crippen LogP) is 2.39. The Balaban J connectivity index is 1.71. The van der Waals surface area contributed by atoms with Crippen molar-refractivity contribution in [2.75, 3.05) is 26.9 Å². The van der Waals surface area contributed by atoms with Crippen molar-refractivity contribution in [1.82, 2.24) is 0 Å². The fourth-order valence-electron chi connectivity index (χ4n) is 1.69. The van der Waals surface area contributed by atoms with Gasteiger partial charge in [0.1, 0.15) is 6.10 Å². The van der Waals surface area contributed by atoms with Gasteiger partial charge in [0.2, 0.25) is 0 Å². The Morgan fingerprint density at radius 2 is 1.73 bits per heavy atom. The molecule has 1 aliphatic rings. The van der Waals surface area contributed by atoms with Gasteiger partial charge in [0.15, 0.2) is 0 Å². The maximum Gasteiger partial charge on any atom is 0.107 e. The van der Waals surface area contributed by atoms with Crippen LogP contribution in [0.4, 0.5) is 0 Å². The maximum absolute atomic E-state index is 5.54. The van der Waals surface area contributed by atoms with E-state index < -0.39 is 0 Å². The van der Waals surface area contributed by atoms with Gasteiger partial charge in [-0.3, -0.25) is 0 Å². The molecule has 2 atom stereocenters. The van der Waals surface area contributed by atoms with Crippen molar-refractivity contribution in [3.05, 3.63) is 0 Å². The van der Waals surface area contributed by atoms with E-state index in [0.29, 0.717) is 12.2 Å². The highest BCUT2D eigenvalue weighted by molar-refractivity contribution is 4.82. The summed E-state index contributed by atoms with van der Waals surface area (Å²) in [6.07, 6.45) is 6.80. The Bertz CT molecular complexity index is 150. The zero-order chi connectivity index (χ0) is 10.9. The van der Waals surface area contributed by atoms with Crippen LogP contribution in [0.2, 0.25) is 0 Å². The third-order valence-corrected chi connectivity index (χ3v) is 2.76. The highest BCUT2D eigenvalue weighted by Crippen LogP contribution is 2.24. The first kappa shape index (κ1) is 12.9. The highest BCUT2D eigenvalue weighted by Gasteiger charge is 2.36. The monoisotopic (exact) mass is 216 g/mol. The summed E-state index contributed by atoms with van der Waals surface area (Å²) in [7, 11) is 1.75. The molecule has 3 nitrogen and oxygen atoms in total. The molecule has 1 saturated heterocycles. The molecular weight excluding hydrogens is 192 g/mol. The quantitative estimate of drug-likeness (QED) is 0.415. The first-order valence-electron chi connectivity index (χ1n) is 6.10. The molecule has 15 heavy (non-hydrogen) atoms. The zero-order valence-electron chi connectivity index (χ0n) is 10.0. The van der Waals surface area contributed by atoms with E-state index in [1.165, 1.54) is 19.3 Å². The normalized spacial score (nSPS) is 24.4. The van der Waals surface area contributed by atoms with Crippen molar-refractivity contribution in [2.24, 2.45) is 0 Å². The lowest BCUT2D eigenvalue weighted by Gasteiger charge is -2.02. The summed E-state index contributed by atoms with van der Waals surface area (Å²) >= 11 is 0. The first-order valence-corrected chi connectivity index (χ1v) is 6.10. The van der Waals surface area contributed by atoms with Gasteiger partial charge in [-0.2, -0.15) is 0 Å². The van der Waals surface area contributed by atoms with Gasteiger partial charge in [-0.15, -0.1) is 0 Å². The molecule has 0 amide bonds. The van der Waals surface area contributed by atoms with Crippen molar-refractivity contribution in [1.29, 1.82) is 0 Å². The van der Waals surface area contributed by atoms with Crippen LogP contribution in [-0.4, -0.2) is 39.1 Å². The van der Waals surface area contributed by atoms with Gasteiger partial charge in [0.25, 0.3) is 0 Å². The lowest BCUT2D eigenvalue weighted by atomic mass is 10.2. The van der Waals surface area contributed by atoms with Gasteiger partial charge < -0.3 is 14.2 Å². The summed E-state index contributed by atoms with van der Waals surface area (Å²) in [5.41, 5.74) is 0. The second-order valence-electron chi connectivity index (χ2n) is 4.10. The smallest absolute Gasteiger partial charge is 0.107 e. The summed E-state index contributed by atoms with van der Waals surface area (Å²) in [5.74, 6) is 0. The van der Waals surface area contributed by atoms with E-state index in [1.54, 1.807) is 7.11 Å². The third-order valence-electron chi connectivity index (χ3n) is 2.76. The number of hydrogen-bond donors (Lipinski definition) is 0. The van der Waals surface area contributed by atoms with Crippen molar-refractivity contribution in [3.8, 4) is 0 Å². The molecule has 0 aromatic carbocycles. The standard InChI is InChI=1S/C12H24O3/c1-3-11-12(15-11)10-14-9-7-5-4-6-8-13-2/h11-12H,3-10H2,1-2H3. The Labute approximate surface area is 93.1 Å². The number of epoxide rings is 1. The molecule has 0 bridgehead atoms. The van der Waals surface area contributed by atoms with Crippen LogP contribution in [0, 0.1) is 0 Å². The van der Waals surface area contributed by atoms with E-state index in [1.807, 2.05) is 0 Å². The molecule has 0 aliphatic carbocycles. The first-order chi connectivity index (χ1) is 7.38. The fourth-order valence-corrected chi connectivity index (χ4v) is 1.69. The van der Waals surface area contributed by atoms with Crippen LogP contribution >= 0.6 is 0 Å². The van der Waals surface area contributed by atoms with Crippen LogP contribution in [0.25, 0.3) is 0 Å². The lowest BCUT2D eigenvalue weighted by Crippen LogP contribution is -2.05. The van der Waals surface area contributed by atoms with Crippen molar-refractivity contribution < 1.29 is 14.2 Å². The summed E-state index contributed by atoms with van der Waals surface area (Å²) in [6, 6.07) is 0. The van der Waals surface area contributed by atoms with Gasteiger partial charge in [0.05, 0.1) is 12.7 Å². The average Bonchev–Trinajstić information content (AvgIpc) is 3.01. The summed E-state index contributed by atoms with van der Waals surface area (Å²) in [4.78, 5) is 0. The molecular formula is C12H24O3. The fraction of sp³-hybridized carbons (Fsp3) is 1.00. The molecule has 0 radical (unpaired) electrons. The Hall–Kier alpha value is -0.120. The van der Waals surface area contributed by atoms with Gasteiger partial charge in [-0.25, -0.2) is 0 Å². The van der Waals surface area contributed by atoms with Crippen LogP contribution in [0.5, 0.6) is 0 Å². The minimum absolute atomic E-state index is 0.392. The second-order valence-corrected chi connectivity index (χ2v) is 4.10. The molecule has 1 fully saturated rings. The van der Waals surface area contributed by atoms with Gasteiger partial charge in [0, 0.05) is 20.3 Å². The topological polar surface area (TPSA) is 31.0 Å². The molecule has 1 aliphatic heterocycles. The third kappa shape index (κ3) is 6.13. The number of ether oxygens (including phenoxy) is 3. The Morgan fingerprint density at radius 3 is 2.33 bits per heavy atom. The molecule has 0 N–H and O–H groups in total. The Kier molecular flexibility index (Phi) is 6.98. The number of hydrogen-bond acceptors (Lipinski definition) is 3. The molecule has 0 aromatic heterocycles. The largest absolute Gasteiger partial charge is 0.385 e. The summed E-state index contributed by atoms with van der Waals surface area (Å²) in [6.45, 7) is 4.70. The highest BCUT2D eigenvalue weighted by atomic mass is 16.6. The van der Waals surface area contributed by atoms with E-state index in [-0.39, 0.29) is 0 Å². The van der Waals surface area contributed by atoms with E-state index in [0.717, 1.165) is 32.7 Å². The van der Waals surface area contributed by atoms with Crippen LogP contribution < -0.4 is 0 Å². The predicted molar refractivity (Wildman–Crippen MR) is 60.1 cm³/mol. The van der Waals surface area contributed by atoms with Crippen LogP contribution in [0.1, 0.15) is 39.0 Å². The van der Waals surface area contributed by atoms with Crippen molar-refractivity contribution in [3.63, 3.8) is 0 Å². The van der Waals surface area contributed by atoms with E-state index in [2.05, 4.69) is 6.92 Å². The number of unbranched alkanes of at least 4 members (excludes halogenated alkanes) is 3. The van der Waals surface area contributed by atoms with Crippen LogP contribution in [0.15, 0.2) is 0 Å². The zero-order valence-corrected chi connectivity index (χ0v) is 10.0. The SMILES string of the molecule is CCC1OC1COCCCCCCOC. The van der Waals surface area contributed by atoms with Crippen molar-refractivity contribution in [2.45, 2.75) is 51.2 Å². The molecule has 1 rings (SSSR count). The minimum Gasteiger partial charge on any atom is -0.385 e. The van der Waals surface area contributed by atoms with Crippen LogP contribution in [0.3, 0.4) is 0 Å². The average molecular weight is 216 g/mol. The number of rotatable bonds is 10. The molecule has 0 saturated carbocycles. The molecule has 2 unspecified atom stereocenters.